The third-order valence-electron chi connectivity index (χ3n) is 2.15. The van der Waals surface area contributed by atoms with Gasteiger partial charge in [0.2, 0.25) is 0 Å². The summed E-state index contributed by atoms with van der Waals surface area (Å²) in [6, 6.07) is 10.6. The van der Waals surface area contributed by atoms with E-state index >= 15 is 0 Å². The molecular weight excluding hydrogens is 224 g/mol. The van der Waals surface area contributed by atoms with Gasteiger partial charge in [0, 0.05) is 5.33 Å². The van der Waals surface area contributed by atoms with Crippen LogP contribution < -0.4 is 0 Å². The Balaban J connectivity index is 2.51. The van der Waals surface area contributed by atoms with Crippen LogP contribution in [-0.4, -0.2) is 5.33 Å². The lowest BCUT2D eigenvalue weighted by Crippen LogP contribution is -2.01. The molecule has 0 aliphatic heterocycles. The molecule has 0 saturated carbocycles. The lowest BCUT2D eigenvalue weighted by molar-refractivity contribution is 0.633. The van der Waals surface area contributed by atoms with Gasteiger partial charge in [-0.05, 0) is 24.3 Å². The van der Waals surface area contributed by atoms with Crippen LogP contribution in [0.15, 0.2) is 43.0 Å². The van der Waals surface area contributed by atoms with Gasteiger partial charge in [0.15, 0.2) is 0 Å². The van der Waals surface area contributed by atoms with Crippen molar-refractivity contribution in [1.82, 2.24) is 0 Å². The van der Waals surface area contributed by atoms with E-state index in [2.05, 4.69) is 52.8 Å². The van der Waals surface area contributed by atoms with Crippen molar-refractivity contribution in [1.29, 1.82) is 0 Å². The summed E-state index contributed by atoms with van der Waals surface area (Å²) in [6.45, 7) is 3.85. The summed E-state index contributed by atoms with van der Waals surface area (Å²) in [5, 5.41) is 1.05. The molecule has 70 valence electrons. The normalized spacial score (nSPS) is 12.4. The van der Waals surface area contributed by atoms with Gasteiger partial charge in [-0.15, -0.1) is 6.58 Å². The molecule has 0 aliphatic rings. The summed E-state index contributed by atoms with van der Waals surface area (Å²) >= 11 is 3.46. The molecule has 1 aromatic carbocycles. The molecule has 0 aromatic heterocycles. The molecule has 1 atom stereocenters. The average molecular weight is 239 g/mol. The van der Waals surface area contributed by atoms with Gasteiger partial charge in [0.1, 0.15) is 0 Å². The van der Waals surface area contributed by atoms with Crippen molar-refractivity contribution >= 4 is 15.9 Å². The van der Waals surface area contributed by atoms with E-state index in [1.54, 1.807) is 0 Å². The molecule has 0 amide bonds. The second-order valence-corrected chi connectivity index (χ2v) is 3.96. The largest absolute Gasteiger partial charge is 0.103 e. The molecule has 0 bridgehead atoms. The Morgan fingerprint density at radius 2 is 2.00 bits per heavy atom. The van der Waals surface area contributed by atoms with E-state index in [0.717, 1.165) is 11.8 Å². The molecule has 0 heterocycles. The summed E-state index contributed by atoms with van der Waals surface area (Å²) in [5.74, 6) is 0.599. The first-order chi connectivity index (χ1) is 6.36. The van der Waals surface area contributed by atoms with Crippen LogP contribution in [0.2, 0.25) is 0 Å². The number of alkyl halides is 1. The molecule has 1 unspecified atom stereocenters. The zero-order valence-corrected chi connectivity index (χ0v) is 9.33. The van der Waals surface area contributed by atoms with Crippen LogP contribution in [0, 0.1) is 5.92 Å². The van der Waals surface area contributed by atoms with Crippen molar-refractivity contribution in [2.45, 2.75) is 12.8 Å². The van der Waals surface area contributed by atoms with E-state index in [4.69, 9.17) is 0 Å². The third-order valence-corrected chi connectivity index (χ3v) is 2.61. The number of rotatable bonds is 5. The van der Waals surface area contributed by atoms with Crippen LogP contribution in [0.5, 0.6) is 0 Å². The zero-order chi connectivity index (χ0) is 9.52. The minimum atomic E-state index is 0.599. The van der Waals surface area contributed by atoms with E-state index in [-0.39, 0.29) is 0 Å². The standard InChI is InChI=1S/C12H15Br/c1-2-11(8-9-13)10-12-6-4-3-5-7-12/h2-7,11H,1,8-10H2. The molecular formula is C12H15Br. The second-order valence-electron chi connectivity index (χ2n) is 3.16. The van der Waals surface area contributed by atoms with Gasteiger partial charge in [-0.2, -0.15) is 0 Å². The quantitative estimate of drug-likeness (QED) is 0.541. The summed E-state index contributed by atoms with van der Waals surface area (Å²) in [6.07, 6.45) is 4.32. The monoisotopic (exact) mass is 238 g/mol. The van der Waals surface area contributed by atoms with Crippen molar-refractivity contribution in [3.63, 3.8) is 0 Å². The van der Waals surface area contributed by atoms with Crippen molar-refractivity contribution in [2.24, 2.45) is 5.92 Å². The fourth-order valence-corrected chi connectivity index (χ4v) is 1.95. The van der Waals surface area contributed by atoms with Gasteiger partial charge < -0.3 is 0 Å². The summed E-state index contributed by atoms with van der Waals surface area (Å²) < 4.78 is 0. The van der Waals surface area contributed by atoms with Crippen molar-refractivity contribution < 1.29 is 0 Å². The van der Waals surface area contributed by atoms with Crippen LogP contribution >= 0.6 is 15.9 Å². The molecule has 0 saturated heterocycles. The highest BCUT2D eigenvalue weighted by Crippen LogP contribution is 2.14. The molecule has 13 heavy (non-hydrogen) atoms. The number of allylic oxidation sites excluding steroid dienone is 1. The van der Waals surface area contributed by atoms with Crippen LogP contribution in [0.4, 0.5) is 0 Å². The molecule has 0 aliphatic carbocycles. The minimum Gasteiger partial charge on any atom is -0.103 e. The lowest BCUT2D eigenvalue weighted by atomic mass is 9.97. The van der Waals surface area contributed by atoms with Crippen LogP contribution in [0.25, 0.3) is 0 Å². The zero-order valence-electron chi connectivity index (χ0n) is 7.75. The van der Waals surface area contributed by atoms with Crippen molar-refractivity contribution in [3.05, 3.63) is 48.6 Å². The Kier molecular flexibility index (Phi) is 4.84. The highest BCUT2D eigenvalue weighted by molar-refractivity contribution is 9.09. The van der Waals surface area contributed by atoms with Gasteiger partial charge in [-0.25, -0.2) is 0 Å². The molecule has 1 heteroatoms. The Labute approximate surface area is 88.8 Å². The predicted molar refractivity (Wildman–Crippen MR) is 62.2 cm³/mol. The smallest absolute Gasteiger partial charge is 0.00370 e. The Bertz CT molecular complexity index is 241. The molecule has 1 aromatic rings. The summed E-state index contributed by atoms with van der Waals surface area (Å²) in [5.41, 5.74) is 1.40. The number of halogens is 1. The van der Waals surface area contributed by atoms with Crippen molar-refractivity contribution in [2.75, 3.05) is 5.33 Å². The minimum absolute atomic E-state index is 0.599. The number of hydrogen-bond donors (Lipinski definition) is 0. The lowest BCUT2D eigenvalue weighted by Gasteiger charge is -2.09. The Morgan fingerprint density at radius 1 is 1.31 bits per heavy atom. The molecule has 1 rings (SSSR count). The first-order valence-electron chi connectivity index (χ1n) is 4.59. The predicted octanol–water partition coefficient (Wildman–Crippen LogP) is 3.82. The maximum Gasteiger partial charge on any atom is 0.00370 e. The number of benzene rings is 1. The summed E-state index contributed by atoms with van der Waals surface area (Å²) in [7, 11) is 0. The molecule has 0 fully saturated rings. The molecule has 0 radical (unpaired) electrons. The van der Waals surface area contributed by atoms with Crippen LogP contribution in [0.1, 0.15) is 12.0 Å². The maximum atomic E-state index is 3.85. The topological polar surface area (TPSA) is 0 Å². The summed E-state index contributed by atoms with van der Waals surface area (Å²) in [4.78, 5) is 0. The highest BCUT2D eigenvalue weighted by atomic mass is 79.9. The third kappa shape index (κ3) is 3.77. The van der Waals surface area contributed by atoms with Gasteiger partial charge in [0.05, 0.1) is 0 Å². The van der Waals surface area contributed by atoms with Gasteiger partial charge >= 0.3 is 0 Å². The number of hydrogen-bond acceptors (Lipinski definition) is 0. The van der Waals surface area contributed by atoms with E-state index in [1.165, 1.54) is 12.0 Å². The fraction of sp³-hybridized carbons (Fsp3) is 0.333. The van der Waals surface area contributed by atoms with Crippen LogP contribution in [-0.2, 0) is 6.42 Å². The van der Waals surface area contributed by atoms with Gasteiger partial charge in [-0.1, -0.05) is 52.3 Å². The van der Waals surface area contributed by atoms with Crippen molar-refractivity contribution in [3.8, 4) is 0 Å². The molecule has 0 spiro atoms. The van der Waals surface area contributed by atoms with Crippen LogP contribution in [0.3, 0.4) is 0 Å². The average Bonchev–Trinajstić information content (AvgIpc) is 2.19. The van der Waals surface area contributed by atoms with E-state index in [1.807, 2.05) is 6.08 Å². The van der Waals surface area contributed by atoms with E-state index in [0.29, 0.717) is 5.92 Å². The highest BCUT2D eigenvalue weighted by Gasteiger charge is 2.03. The first-order valence-corrected chi connectivity index (χ1v) is 5.71. The molecule has 0 N–H and O–H groups in total. The Hall–Kier alpha value is -0.560. The first kappa shape index (κ1) is 10.5. The maximum absolute atomic E-state index is 3.85. The van der Waals surface area contributed by atoms with Gasteiger partial charge in [0.25, 0.3) is 0 Å². The van der Waals surface area contributed by atoms with Gasteiger partial charge in [-0.3, -0.25) is 0 Å². The van der Waals surface area contributed by atoms with E-state index < -0.39 is 0 Å². The SMILES string of the molecule is C=CC(CCBr)Cc1ccccc1. The van der Waals surface area contributed by atoms with E-state index in [9.17, 15) is 0 Å². The molecule has 0 nitrogen and oxygen atoms in total. The second kappa shape index (κ2) is 5.98. The fourth-order valence-electron chi connectivity index (χ4n) is 1.36. The Morgan fingerprint density at radius 3 is 2.54 bits per heavy atom.